The number of ether oxygens (including phenoxy) is 1. The van der Waals surface area contributed by atoms with E-state index in [1.165, 1.54) is 6.08 Å². The summed E-state index contributed by atoms with van der Waals surface area (Å²) >= 11 is 0. The van der Waals surface area contributed by atoms with Crippen LogP contribution in [0.3, 0.4) is 0 Å². The van der Waals surface area contributed by atoms with E-state index in [1.54, 1.807) is 4.90 Å². The number of rotatable bonds is 9. The lowest BCUT2D eigenvalue weighted by Gasteiger charge is -2.26. The van der Waals surface area contributed by atoms with E-state index < -0.39 is 12.6 Å². The molecule has 0 radical (unpaired) electrons. The van der Waals surface area contributed by atoms with Crippen LogP contribution in [0.25, 0.3) is 6.08 Å². The smallest absolute Gasteiger partial charge is 0.349 e. The first-order valence-electron chi connectivity index (χ1n) is 10.6. The van der Waals surface area contributed by atoms with Gasteiger partial charge in [-0.2, -0.15) is 5.26 Å². The van der Waals surface area contributed by atoms with Crippen molar-refractivity contribution >= 4 is 18.0 Å². The Morgan fingerprint density at radius 3 is 2.48 bits per heavy atom. The van der Waals surface area contributed by atoms with Crippen LogP contribution in [0.5, 0.6) is 0 Å². The van der Waals surface area contributed by atoms with E-state index >= 15 is 0 Å². The van der Waals surface area contributed by atoms with Crippen LogP contribution in [0.15, 0.2) is 42.0 Å². The molecule has 0 unspecified atom stereocenters. The van der Waals surface area contributed by atoms with E-state index in [-0.39, 0.29) is 17.5 Å². The van der Waals surface area contributed by atoms with Crippen molar-refractivity contribution < 1.29 is 14.3 Å². The minimum atomic E-state index is -0.792. The molecule has 0 bridgehead atoms. The second kappa shape index (κ2) is 11.2. The van der Waals surface area contributed by atoms with Gasteiger partial charge in [-0.1, -0.05) is 37.3 Å². The van der Waals surface area contributed by atoms with E-state index in [0.717, 1.165) is 35.5 Å². The fourth-order valence-electron chi connectivity index (χ4n) is 3.46. The highest BCUT2D eigenvalue weighted by atomic mass is 16.5. The Balaban J connectivity index is 2.08. The summed E-state index contributed by atoms with van der Waals surface area (Å²) in [6.45, 7) is 10.8. The van der Waals surface area contributed by atoms with E-state index in [1.807, 2.05) is 70.2 Å². The molecule has 0 spiro atoms. The molecule has 0 atom stereocenters. The largest absolute Gasteiger partial charge is 0.451 e. The average molecular weight is 422 g/mol. The first-order valence-corrected chi connectivity index (χ1v) is 10.6. The van der Waals surface area contributed by atoms with Gasteiger partial charge in [0, 0.05) is 30.5 Å². The van der Waals surface area contributed by atoms with Gasteiger partial charge in [0.2, 0.25) is 0 Å². The van der Waals surface area contributed by atoms with Crippen LogP contribution in [0.4, 0.5) is 0 Å². The second-order valence-electron chi connectivity index (χ2n) is 7.83. The minimum absolute atomic E-state index is 0.0543. The molecule has 0 aliphatic rings. The van der Waals surface area contributed by atoms with E-state index in [9.17, 15) is 14.9 Å². The van der Waals surface area contributed by atoms with Gasteiger partial charge in [0.15, 0.2) is 6.61 Å². The molecular weight excluding hydrogens is 390 g/mol. The zero-order valence-corrected chi connectivity index (χ0v) is 19.0. The fourth-order valence-corrected chi connectivity index (χ4v) is 3.46. The number of hydrogen-bond donors (Lipinski definition) is 0. The van der Waals surface area contributed by atoms with Crippen molar-refractivity contribution in [2.75, 3.05) is 6.61 Å². The maximum atomic E-state index is 12.7. The Labute approximate surface area is 184 Å². The van der Waals surface area contributed by atoms with Gasteiger partial charge in [-0.25, -0.2) is 4.79 Å². The molecule has 31 heavy (non-hydrogen) atoms. The van der Waals surface area contributed by atoms with Gasteiger partial charge in [0.1, 0.15) is 11.6 Å². The Hall–Kier alpha value is -3.33. The number of hydrogen-bond acceptors (Lipinski definition) is 4. The molecule has 1 aromatic heterocycles. The molecule has 0 fully saturated rings. The molecule has 1 aromatic carbocycles. The van der Waals surface area contributed by atoms with Crippen LogP contribution in [0.2, 0.25) is 0 Å². The number of esters is 1. The average Bonchev–Trinajstić information content (AvgIpc) is 3.02. The van der Waals surface area contributed by atoms with Gasteiger partial charge in [-0.15, -0.1) is 0 Å². The molecular formula is C25H31N3O3. The predicted octanol–water partition coefficient (Wildman–Crippen LogP) is 4.40. The van der Waals surface area contributed by atoms with E-state index in [2.05, 4.69) is 11.5 Å². The molecule has 0 aliphatic heterocycles. The lowest BCUT2D eigenvalue weighted by Crippen LogP contribution is -2.39. The molecule has 0 saturated carbocycles. The van der Waals surface area contributed by atoms with Crippen LogP contribution in [0, 0.1) is 25.2 Å². The summed E-state index contributed by atoms with van der Waals surface area (Å²) in [6, 6.07) is 13.4. The summed E-state index contributed by atoms with van der Waals surface area (Å²) in [4.78, 5) is 26.8. The van der Waals surface area contributed by atoms with Crippen molar-refractivity contribution in [3.8, 4) is 6.07 Å². The van der Waals surface area contributed by atoms with Crippen molar-refractivity contribution in [2.45, 2.75) is 60.2 Å². The molecule has 164 valence electrons. The normalized spacial score (nSPS) is 11.3. The maximum Gasteiger partial charge on any atom is 0.349 e. The number of nitrogens with zero attached hydrogens (tertiary/aromatic N) is 3. The molecule has 2 rings (SSSR count). The Bertz CT molecular complexity index is 981. The third-order valence-corrected chi connectivity index (χ3v) is 5.17. The quantitative estimate of drug-likeness (QED) is 0.342. The summed E-state index contributed by atoms with van der Waals surface area (Å²) in [5, 5.41) is 9.46. The van der Waals surface area contributed by atoms with Crippen molar-refractivity contribution in [1.82, 2.24) is 9.47 Å². The molecule has 2 aromatic rings. The molecule has 1 heterocycles. The number of carbonyl (C=O) groups excluding carboxylic acids is 2. The predicted molar refractivity (Wildman–Crippen MR) is 121 cm³/mol. The summed E-state index contributed by atoms with van der Waals surface area (Å²) in [5.74, 6) is -1.09. The molecule has 0 saturated heterocycles. The number of amides is 1. The van der Waals surface area contributed by atoms with Gasteiger partial charge in [0.25, 0.3) is 5.91 Å². The number of benzene rings is 1. The monoisotopic (exact) mass is 421 g/mol. The number of carbonyl (C=O) groups is 2. The first kappa shape index (κ1) is 23.9. The third-order valence-electron chi connectivity index (χ3n) is 5.17. The molecule has 0 aliphatic carbocycles. The lowest BCUT2D eigenvalue weighted by atomic mass is 10.1. The molecule has 6 nitrogen and oxygen atoms in total. The second-order valence-corrected chi connectivity index (χ2v) is 7.83. The zero-order valence-electron chi connectivity index (χ0n) is 19.0. The highest BCUT2D eigenvalue weighted by Crippen LogP contribution is 2.19. The highest BCUT2D eigenvalue weighted by molar-refractivity contribution is 5.99. The number of aryl methyl sites for hydroxylation is 1. The Morgan fingerprint density at radius 1 is 1.23 bits per heavy atom. The molecule has 1 amide bonds. The van der Waals surface area contributed by atoms with Crippen molar-refractivity contribution in [3.63, 3.8) is 0 Å². The first-order chi connectivity index (χ1) is 14.8. The zero-order chi connectivity index (χ0) is 23.0. The topological polar surface area (TPSA) is 75.3 Å². The van der Waals surface area contributed by atoms with Gasteiger partial charge < -0.3 is 14.2 Å². The standard InChI is InChI=1S/C25H31N3O3/c1-6-12-27-19(4)13-22(20(27)5)14-23(15-26)25(30)31-17-24(29)28(18(2)3)16-21-10-8-7-9-11-21/h7-11,13-14,18H,6,12,16-17H2,1-5H3/b23-14+. The van der Waals surface area contributed by atoms with Crippen LogP contribution >= 0.6 is 0 Å². The van der Waals surface area contributed by atoms with Gasteiger partial charge in [-0.3, -0.25) is 4.79 Å². The summed E-state index contributed by atoms with van der Waals surface area (Å²) in [6.07, 6.45) is 2.52. The Morgan fingerprint density at radius 2 is 1.90 bits per heavy atom. The number of aromatic nitrogens is 1. The van der Waals surface area contributed by atoms with Crippen molar-refractivity contribution in [3.05, 3.63) is 64.5 Å². The van der Waals surface area contributed by atoms with E-state index in [4.69, 9.17) is 4.74 Å². The molecule has 6 heteroatoms. The van der Waals surface area contributed by atoms with Gasteiger partial charge in [-0.05, 0) is 57.4 Å². The Kier molecular flexibility index (Phi) is 8.63. The fraction of sp³-hybridized carbons (Fsp3) is 0.400. The van der Waals surface area contributed by atoms with Crippen molar-refractivity contribution in [1.29, 1.82) is 5.26 Å². The SMILES string of the molecule is CCCn1c(C)cc(/C=C(\C#N)C(=O)OCC(=O)N(Cc2ccccc2)C(C)C)c1C. The molecule has 0 N–H and O–H groups in total. The van der Waals surface area contributed by atoms with Gasteiger partial charge >= 0.3 is 5.97 Å². The van der Waals surface area contributed by atoms with E-state index in [0.29, 0.717) is 6.54 Å². The van der Waals surface area contributed by atoms with Crippen LogP contribution in [-0.2, 0) is 27.4 Å². The maximum absolute atomic E-state index is 12.7. The minimum Gasteiger partial charge on any atom is -0.451 e. The summed E-state index contributed by atoms with van der Waals surface area (Å²) in [7, 11) is 0. The third kappa shape index (κ3) is 6.32. The lowest BCUT2D eigenvalue weighted by molar-refractivity contribution is -0.149. The van der Waals surface area contributed by atoms with Crippen LogP contribution in [-0.4, -0.2) is 34.0 Å². The van der Waals surface area contributed by atoms with Crippen LogP contribution < -0.4 is 0 Å². The van der Waals surface area contributed by atoms with Gasteiger partial charge in [0.05, 0.1) is 0 Å². The van der Waals surface area contributed by atoms with Crippen LogP contribution in [0.1, 0.15) is 49.7 Å². The summed E-state index contributed by atoms with van der Waals surface area (Å²) < 4.78 is 7.35. The number of nitriles is 1. The van der Waals surface area contributed by atoms with Crippen molar-refractivity contribution in [2.24, 2.45) is 0 Å². The highest BCUT2D eigenvalue weighted by Gasteiger charge is 2.21. The summed E-state index contributed by atoms with van der Waals surface area (Å²) in [5.41, 5.74) is 3.74.